The molecule has 0 spiro atoms. The standard InChI is InChI=1S/C25H22N2O7S/c1-4-32-24(30)21-13(2)27-23(29)20(10-14-5-8-18-19(9-14)34-12-33-18)35-25(27)26-22(21)16-11-15(31-3)6-7-17(16)28/h5-11,22,28H,4,12H2,1-3H3/b20-10+. The molecular weight excluding hydrogens is 472 g/mol. The highest BCUT2D eigenvalue weighted by atomic mass is 32.1. The summed E-state index contributed by atoms with van der Waals surface area (Å²) in [6.07, 6.45) is 1.74. The van der Waals surface area contributed by atoms with E-state index in [-0.39, 0.29) is 30.3 Å². The number of carbonyl (C=O) groups excluding carboxylic acids is 1. The number of rotatable bonds is 5. The van der Waals surface area contributed by atoms with Crippen molar-refractivity contribution in [3.05, 3.63) is 72.8 Å². The second-order valence-corrected chi connectivity index (χ2v) is 8.83. The monoisotopic (exact) mass is 494 g/mol. The van der Waals surface area contributed by atoms with Crippen LogP contribution in [0.2, 0.25) is 0 Å². The van der Waals surface area contributed by atoms with E-state index < -0.39 is 12.0 Å². The summed E-state index contributed by atoms with van der Waals surface area (Å²) in [5, 5.41) is 10.6. The molecule has 2 aromatic carbocycles. The first-order valence-electron chi connectivity index (χ1n) is 10.9. The molecule has 5 rings (SSSR count). The first-order chi connectivity index (χ1) is 16.9. The Balaban J connectivity index is 1.71. The minimum absolute atomic E-state index is 0.0475. The number of aromatic nitrogens is 1. The normalized spacial score (nSPS) is 16.7. The second-order valence-electron chi connectivity index (χ2n) is 7.82. The minimum Gasteiger partial charge on any atom is -0.508 e. The zero-order valence-electron chi connectivity index (χ0n) is 19.2. The summed E-state index contributed by atoms with van der Waals surface area (Å²) in [7, 11) is 1.51. The predicted octanol–water partition coefficient (Wildman–Crippen LogP) is 2.35. The zero-order chi connectivity index (χ0) is 24.7. The van der Waals surface area contributed by atoms with Gasteiger partial charge in [0.05, 0.1) is 23.8 Å². The van der Waals surface area contributed by atoms with Gasteiger partial charge in [0, 0.05) is 11.3 Å². The molecule has 3 heterocycles. The van der Waals surface area contributed by atoms with Gasteiger partial charge in [0.2, 0.25) is 6.79 Å². The van der Waals surface area contributed by atoms with Crippen molar-refractivity contribution in [1.29, 1.82) is 0 Å². The van der Waals surface area contributed by atoms with Crippen LogP contribution in [0.5, 0.6) is 23.0 Å². The number of esters is 1. The number of ether oxygens (including phenoxy) is 4. The summed E-state index contributed by atoms with van der Waals surface area (Å²) in [6, 6.07) is 9.26. The highest BCUT2D eigenvalue weighted by Gasteiger charge is 2.33. The number of nitrogens with zero attached hydrogens (tertiary/aromatic N) is 2. The van der Waals surface area contributed by atoms with Crippen LogP contribution in [0.4, 0.5) is 0 Å². The third kappa shape index (κ3) is 3.95. The predicted molar refractivity (Wildman–Crippen MR) is 128 cm³/mol. The summed E-state index contributed by atoms with van der Waals surface area (Å²) < 4.78 is 23.2. The minimum atomic E-state index is -0.874. The van der Waals surface area contributed by atoms with Crippen LogP contribution in [0.25, 0.3) is 11.8 Å². The van der Waals surface area contributed by atoms with Gasteiger partial charge in [-0.3, -0.25) is 9.36 Å². The van der Waals surface area contributed by atoms with Crippen LogP contribution >= 0.6 is 11.3 Å². The van der Waals surface area contributed by atoms with Crippen molar-refractivity contribution in [2.75, 3.05) is 20.5 Å². The molecule has 0 bridgehead atoms. The lowest BCUT2D eigenvalue weighted by Crippen LogP contribution is -2.35. The topological polar surface area (TPSA) is 109 Å². The van der Waals surface area contributed by atoms with Gasteiger partial charge in [-0.2, -0.15) is 0 Å². The number of hydrogen-bond acceptors (Lipinski definition) is 9. The molecule has 3 aromatic rings. The number of carbonyl (C=O) groups is 1. The first-order valence-corrected chi connectivity index (χ1v) is 11.7. The van der Waals surface area contributed by atoms with E-state index in [1.165, 1.54) is 29.1 Å². The van der Waals surface area contributed by atoms with Crippen molar-refractivity contribution < 1.29 is 28.8 Å². The third-order valence-corrected chi connectivity index (χ3v) is 6.75. The largest absolute Gasteiger partial charge is 0.508 e. The van der Waals surface area contributed by atoms with Gasteiger partial charge in [-0.1, -0.05) is 17.4 Å². The van der Waals surface area contributed by atoms with Gasteiger partial charge in [-0.25, -0.2) is 9.79 Å². The Hall–Kier alpha value is -4.05. The lowest BCUT2D eigenvalue weighted by molar-refractivity contribution is -0.138. The molecule has 1 unspecified atom stereocenters. The van der Waals surface area contributed by atoms with Crippen molar-refractivity contribution in [3.8, 4) is 23.0 Å². The molecule has 1 atom stereocenters. The lowest BCUT2D eigenvalue weighted by Gasteiger charge is -2.23. The Labute approximate surface area is 203 Å². The van der Waals surface area contributed by atoms with Crippen molar-refractivity contribution in [1.82, 2.24) is 4.57 Å². The van der Waals surface area contributed by atoms with Gasteiger partial charge in [-0.15, -0.1) is 0 Å². The van der Waals surface area contributed by atoms with Crippen LogP contribution in [-0.4, -0.2) is 36.2 Å². The molecule has 0 aliphatic carbocycles. The molecule has 10 heteroatoms. The maximum Gasteiger partial charge on any atom is 0.338 e. The highest BCUT2D eigenvalue weighted by Crippen LogP contribution is 2.38. The number of aromatic hydroxyl groups is 1. The van der Waals surface area contributed by atoms with Gasteiger partial charge in [0.1, 0.15) is 17.5 Å². The van der Waals surface area contributed by atoms with Crippen LogP contribution in [-0.2, 0) is 9.53 Å². The lowest BCUT2D eigenvalue weighted by atomic mass is 9.95. The molecule has 1 aromatic heterocycles. The molecule has 0 saturated heterocycles. The van der Waals surface area contributed by atoms with Crippen LogP contribution < -0.4 is 29.1 Å². The van der Waals surface area contributed by atoms with E-state index >= 15 is 0 Å². The van der Waals surface area contributed by atoms with Crippen molar-refractivity contribution in [2.45, 2.75) is 19.9 Å². The Bertz CT molecular complexity index is 1550. The Morgan fingerprint density at radius 2 is 2.06 bits per heavy atom. The summed E-state index contributed by atoms with van der Waals surface area (Å²) in [4.78, 5) is 31.5. The van der Waals surface area contributed by atoms with Gasteiger partial charge in [-0.05, 0) is 55.8 Å². The van der Waals surface area contributed by atoms with E-state index in [9.17, 15) is 14.7 Å². The number of thiazole rings is 1. The number of hydrogen-bond donors (Lipinski definition) is 1. The fourth-order valence-electron chi connectivity index (χ4n) is 4.08. The van der Waals surface area contributed by atoms with E-state index in [0.29, 0.717) is 37.8 Å². The van der Waals surface area contributed by atoms with Crippen LogP contribution in [0.15, 0.2) is 51.8 Å². The third-order valence-electron chi connectivity index (χ3n) is 5.76. The van der Waals surface area contributed by atoms with Gasteiger partial charge < -0.3 is 24.1 Å². The number of fused-ring (bicyclic) bond motifs is 2. The smallest absolute Gasteiger partial charge is 0.338 e. The summed E-state index contributed by atoms with van der Waals surface area (Å²) >= 11 is 1.19. The molecule has 0 saturated carbocycles. The molecule has 0 fully saturated rings. The molecule has 9 nitrogen and oxygen atoms in total. The Kier molecular flexibility index (Phi) is 5.81. The molecule has 2 aliphatic rings. The van der Waals surface area contributed by atoms with E-state index in [1.54, 1.807) is 44.2 Å². The molecule has 0 amide bonds. The molecule has 2 aliphatic heterocycles. The van der Waals surface area contributed by atoms with E-state index in [1.807, 2.05) is 6.07 Å². The Morgan fingerprint density at radius 3 is 2.83 bits per heavy atom. The number of benzene rings is 2. The number of methoxy groups -OCH3 is 1. The highest BCUT2D eigenvalue weighted by molar-refractivity contribution is 7.07. The van der Waals surface area contributed by atoms with Gasteiger partial charge in [0.25, 0.3) is 5.56 Å². The van der Waals surface area contributed by atoms with Crippen LogP contribution in [0.1, 0.15) is 31.0 Å². The second kappa shape index (κ2) is 8.95. The first kappa shape index (κ1) is 22.7. The molecular formula is C25H22N2O7S. The molecule has 180 valence electrons. The molecule has 0 radical (unpaired) electrons. The maximum absolute atomic E-state index is 13.4. The summed E-state index contributed by atoms with van der Waals surface area (Å²) in [5.41, 5.74) is 1.41. The van der Waals surface area contributed by atoms with Gasteiger partial charge in [0.15, 0.2) is 16.3 Å². The quantitative estimate of drug-likeness (QED) is 0.543. The zero-order valence-corrected chi connectivity index (χ0v) is 20.0. The Morgan fingerprint density at radius 1 is 1.26 bits per heavy atom. The van der Waals surface area contributed by atoms with Crippen molar-refractivity contribution in [3.63, 3.8) is 0 Å². The van der Waals surface area contributed by atoms with Crippen LogP contribution in [0, 0.1) is 0 Å². The molecule has 35 heavy (non-hydrogen) atoms. The van der Waals surface area contributed by atoms with E-state index in [0.717, 1.165) is 5.56 Å². The fraction of sp³-hybridized carbons (Fsp3) is 0.240. The summed E-state index contributed by atoms with van der Waals surface area (Å²) in [6.45, 7) is 3.69. The average molecular weight is 495 g/mol. The van der Waals surface area contributed by atoms with E-state index in [2.05, 4.69) is 0 Å². The van der Waals surface area contributed by atoms with Crippen molar-refractivity contribution >= 4 is 29.1 Å². The SMILES string of the molecule is CCOC(=O)C1=C(C)n2c(s/c(=C/c3ccc4c(c3)OCO4)c2=O)=NC1c1cc(OC)ccc1O. The summed E-state index contributed by atoms with van der Waals surface area (Å²) in [5.74, 6) is 1.11. The number of phenols is 1. The fourth-order valence-corrected chi connectivity index (χ4v) is 5.11. The van der Waals surface area contributed by atoms with E-state index in [4.69, 9.17) is 23.9 Å². The van der Waals surface area contributed by atoms with Crippen LogP contribution in [0.3, 0.4) is 0 Å². The number of phenolic OH excluding ortho intramolecular Hbond substituents is 1. The number of allylic oxidation sites excluding steroid dienone is 1. The average Bonchev–Trinajstić information content (AvgIpc) is 3.43. The van der Waals surface area contributed by atoms with Gasteiger partial charge >= 0.3 is 5.97 Å². The van der Waals surface area contributed by atoms with Crippen molar-refractivity contribution in [2.24, 2.45) is 4.99 Å². The maximum atomic E-state index is 13.4. The molecule has 1 N–H and O–H groups in total.